The van der Waals surface area contributed by atoms with E-state index in [1.54, 1.807) is 0 Å². The van der Waals surface area contributed by atoms with E-state index < -0.39 is 8.07 Å². The molecule has 0 saturated carbocycles. The Kier molecular flexibility index (Phi) is 9.68. The third kappa shape index (κ3) is 7.78. The summed E-state index contributed by atoms with van der Waals surface area (Å²) in [5.41, 5.74) is 0. The van der Waals surface area contributed by atoms with E-state index in [9.17, 15) is 0 Å². The van der Waals surface area contributed by atoms with Gasteiger partial charge in [0.1, 0.15) is 0 Å². The molecule has 1 heterocycles. The first-order valence-electron chi connectivity index (χ1n) is 3.54. The Balaban J connectivity index is -0.000000333. The molecule has 1 aromatic heterocycles. The highest BCUT2D eigenvalue weighted by atomic mass is 28.3. The van der Waals surface area contributed by atoms with Gasteiger partial charge in [0.2, 0.25) is 0 Å². The van der Waals surface area contributed by atoms with Crippen LogP contribution in [0.4, 0.5) is 0 Å². The molecule has 80 valence electrons. The molecule has 0 aliphatic carbocycles. The van der Waals surface area contributed by atoms with Gasteiger partial charge in [-0.1, -0.05) is 41.9 Å². The number of rotatable bonds is 2. The predicted molar refractivity (Wildman–Crippen MR) is 65.8 cm³/mol. The average Bonchev–Trinajstić information content (AvgIpc) is 2.12. The molecule has 0 radical (unpaired) electrons. The van der Waals surface area contributed by atoms with E-state index in [4.69, 9.17) is 0 Å². The first-order chi connectivity index (χ1) is 4.58. The molecule has 0 bridgehead atoms. The summed E-state index contributed by atoms with van der Waals surface area (Å²) in [6.45, 7) is 7.06. The molecule has 0 saturated heterocycles. The summed E-state index contributed by atoms with van der Waals surface area (Å²) >= 11 is 0. The smallest absolute Gasteiger partial charge is 0.0943 e. The zero-order valence-electron chi connectivity index (χ0n) is 6.83. The van der Waals surface area contributed by atoms with Gasteiger partial charge in [0, 0.05) is 18.6 Å². The molecule has 1 rings (SSSR count). The largest absolute Gasteiger partial charge is 0.340 e. The third-order valence-corrected chi connectivity index (χ3v) is 2.53. The predicted octanol–water partition coefficient (Wildman–Crippen LogP) is 3.67. The second kappa shape index (κ2) is 6.89. The highest BCUT2D eigenvalue weighted by Crippen LogP contribution is 2.03. The number of hydrogen-bond acceptors (Lipinski definition) is 1. The van der Waals surface area contributed by atoms with Crippen molar-refractivity contribution in [3.63, 3.8) is 0 Å². The van der Waals surface area contributed by atoms with E-state index in [2.05, 4.69) is 29.2 Å². The van der Waals surface area contributed by atoms with Crippen LogP contribution in [-0.2, 0) is 6.17 Å². The molecule has 0 amide bonds. The Morgan fingerprint density at radius 3 is 2.00 bits per heavy atom. The van der Waals surface area contributed by atoms with Gasteiger partial charge in [-0.2, -0.15) is 0 Å². The van der Waals surface area contributed by atoms with E-state index in [0.717, 1.165) is 0 Å². The standard InChI is InChI=1S/C7H14N2Si.3CH4/c1-10(2,3)7-9-5-4-8-6-9;;;/h4-6H,7H2,1-3H3;3*1H4. The van der Waals surface area contributed by atoms with Crippen LogP contribution in [0.25, 0.3) is 0 Å². The molecule has 0 spiro atoms. The van der Waals surface area contributed by atoms with Crippen molar-refractivity contribution in [2.75, 3.05) is 0 Å². The quantitative estimate of drug-likeness (QED) is 0.669. The molecule has 13 heavy (non-hydrogen) atoms. The van der Waals surface area contributed by atoms with Crippen molar-refractivity contribution in [3.8, 4) is 0 Å². The van der Waals surface area contributed by atoms with Crippen molar-refractivity contribution >= 4 is 8.07 Å². The summed E-state index contributed by atoms with van der Waals surface area (Å²) in [5.74, 6) is 0. The lowest BCUT2D eigenvalue weighted by atomic mass is 10.9. The van der Waals surface area contributed by atoms with Gasteiger partial charge in [-0.25, -0.2) is 4.98 Å². The topological polar surface area (TPSA) is 17.8 Å². The second-order valence-electron chi connectivity index (χ2n) is 3.80. The minimum Gasteiger partial charge on any atom is -0.340 e. The maximum absolute atomic E-state index is 3.99. The van der Waals surface area contributed by atoms with Gasteiger partial charge in [-0.15, -0.1) is 0 Å². The van der Waals surface area contributed by atoms with Gasteiger partial charge in [-0.3, -0.25) is 0 Å². The summed E-state index contributed by atoms with van der Waals surface area (Å²) in [4.78, 5) is 3.99. The van der Waals surface area contributed by atoms with Crippen LogP contribution in [-0.4, -0.2) is 17.6 Å². The number of hydrogen-bond donors (Lipinski definition) is 0. The maximum Gasteiger partial charge on any atom is 0.0943 e. The molecular formula is C10H26N2Si. The fraction of sp³-hybridized carbons (Fsp3) is 0.700. The Labute approximate surface area is 85.0 Å². The molecule has 0 aromatic carbocycles. The molecular weight excluding hydrogens is 176 g/mol. The van der Waals surface area contributed by atoms with E-state index >= 15 is 0 Å². The number of imidazole rings is 1. The Bertz CT molecular complexity index is 187. The van der Waals surface area contributed by atoms with Crippen LogP contribution in [0, 0.1) is 0 Å². The summed E-state index contributed by atoms with van der Waals surface area (Å²) in [6.07, 6.45) is 6.92. The van der Waals surface area contributed by atoms with E-state index in [1.165, 1.54) is 6.17 Å². The SMILES string of the molecule is C.C.C.C[Si](C)(C)Cn1ccnc1. The molecule has 0 aliphatic heterocycles. The lowest BCUT2D eigenvalue weighted by Crippen LogP contribution is -2.27. The molecule has 2 nitrogen and oxygen atoms in total. The molecule has 3 heteroatoms. The lowest BCUT2D eigenvalue weighted by Gasteiger charge is -2.15. The molecule has 0 N–H and O–H groups in total. The van der Waals surface area contributed by atoms with Crippen molar-refractivity contribution < 1.29 is 0 Å². The lowest BCUT2D eigenvalue weighted by molar-refractivity contribution is 0.851. The third-order valence-electron chi connectivity index (χ3n) is 1.22. The highest BCUT2D eigenvalue weighted by molar-refractivity contribution is 6.74. The zero-order valence-corrected chi connectivity index (χ0v) is 7.83. The normalized spacial score (nSPS) is 9.15. The van der Waals surface area contributed by atoms with Crippen molar-refractivity contribution in [2.45, 2.75) is 48.1 Å². The van der Waals surface area contributed by atoms with Crippen LogP contribution >= 0.6 is 0 Å². The van der Waals surface area contributed by atoms with E-state index in [1.807, 2.05) is 18.7 Å². The monoisotopic (exact) mass is 202 g/mol. The van der Waals surface area contributed by atoms with Gasteiger partial charge < -0.3 is 4.57 Å². The van der Waals surface area contributed by atoms with Crippen LogP contribution in [0.5, 0.6) is 0 Å². The van der Waals surface area contributed by atoms with Gasteiger partial charge >= 0.3 is 0 Å². The number of nitrogens with zero attached hydrogens (tertiary/aromatic N) is 2. The highest BCUT2D eigenvalue weighted by Gasteiger charge is 2.12. The van der Waals surface area contributed by atoms with Crippen molar-refractivity contribution in [3.05, 3.63) is 18.7 Å². The Morgan fingerprint density at radius 2 is 1.69 bits per heavy atom. The zero-order chi connectivity index (χ0) is 7.61. The van der Waals surface area contributed by atoms with Crippen LogP contribution in [0.2, 0.25) is 19.6 Å². The number of aromatic nitrogens is 2. The minimum absolute atomic E-state index is 0. The van der Waals surface area contributed by atoms with Gasteiger partial charge in [0.15, 0.2) is 0 Å². The summed E-state index contributed by atoms with van der Waals surface area (Å²) in [5, 5.41) is 0. The van der Waals surface area contributed by atoms with Crippen LogP contribution < -0.4 is 0 Å². The maximum atomic E-state index is 3.99. The van der Waals surface area contributed by atoms with Crippen LogP contribution in [0.3, 0.4) is 0 Å². The van der Waals surface area contributed by atoms with E-state index in [0.29, 0.717) is 0 Å². The van der Waals surface area contributed by atoms with Crippen molar-refractivity contribution in [1.82, 2.24) is 9.55 Å². The fourth-order valence-electron chi connectivity index (χ4n) is 0.928. The van der Waals surface area contributed by atoms with Gasteiger partial charge in [0.25, 0.3) is 0 Å². The average molecular weight is 202 g/mol. The summed E-state index contributed by atoms with van der Waals surface area (Å²) in [7, 11) is -0.939. The van der Waals surface area contributed by atoms with Gasteiger partial charge in [-0.05, 0) is 0 Å². The molecule has 0 atom stereocenters. The molecule has 1 aromatic rings. The van der Waals surface area contributed by atoms with Crippen LogP contribution in [0.1, 0.15) is 22.3 Å². The first-order valence-corrected chi connectivity index (χ1v) is 7.24. The Morgan fingerprint density at radius 1 is 1.15 bits per heavy atom. The minimum atomic E-state index is -0.939. The van der Waals surface area contributed by atoms with Crippen molar-refractivity contribution in [1.29, 1.82) is 0 Å². The molecule has 0 unspecified atom stereocenters. The summed E-state index contributed by atoms with van der Waals surface area (Å²) in [6, 6.07) is 0. The van der Waals surface area contributed by atoms with E-state index in [-0.39, 0.29) is 22.3 Å². The van der Waals surface area contributed by atoms with Crippen LogP contribution in [0.15, 0.2) is 18.7 Å². The second-order valence-corrected chi connectivity index (χ2v) is 9.23. The summed E-state index contributed by atoms with van der Waals surface area (Å²) < 4.78 is 2.16. The molecule has 0 fully saturated rings. The first kappa shape index (κ1) is 18.3. The Hall–Kier alpha value is -0.573. The fourth-order valence-corrected chi connectivity index (χ4v) is 2.21. The molecule has 0 aliphatic rings. The van der Waals surface area contributed by atoms with Gasteiger partial charge in [0.05, 0.1) is 14.4 Å². The van der Waals surface area contributed by atoms with Crippen molar-refractivity contribution in [2.24, 2.45) is 0 Å².